The van der Waals surface area contributed by atoms with Gasteiger partial charge >= 0.3 is 0 Å². The molecule has 6 aromatic rings. The molecule has 0 saturated heterocycles. The molecule has 6 rings (SSSR count). The van der Waals surface area contributed by atoms with E-state index in [0.29, 0.717) is 44.6 Å². The van der Waals surface area contributed by atoms with Crippen molar-refractivity contribution < 1.29 is 9.59 Å². The number of hydrogen-bond acceptors (Lipinski definition) is 5. The second-order valence-corrected chi connectivity index (χ2v) is 9.42. The maximum atomic E-state index is 13.1. The van der Waals surface area contributed by atoms with Gasteiger partial charge in [-0.1, -0.05) is 48.0 Å². The Bertz CT molecular complexity index is 1810. The van der Waals surface area contributed by atoms with Gasteiger partial charge in [0.15, 0.2) is 5.82 Å². The molecule has 1 unspecified atom stereocenters. The Morgan fingerprint density at radius 3 is 2.64 bits per heavy atom. The zero-order valence-corrected chi connectivity index (χ0v) is 21.2. The summed E-state index contributed by atoms with van der Waals surface area (Å²) in [5.74, 6) is -0.415. The zero-order chi connectivity index (χ0) is 26.8. The number of amides is 2. The number of carbonyl (C=O) groups excluding carboxylic acids is 2. The second-order valence-electron chi connectivity index (χ2n) is 8.98. The van der Waals surface area contributed by atoms with E-state index in [-0.39, 0.29) is 18.4 Å². The predicted molar refractivity (Wildman–Crippen MR) is 151 cm³/mol. The lowest BCUT2D eigenvalue weighted by molar-refractivity contribution is -0.117. The summed E-state index contributed by atoms with van der Waals surface area (Å²) in [5, 5.41) is 8.22. The Hall–Kier alpha value is -5.02. The number of anilines is 1. The Balaban J connectivity index is 1.21. The summed E-state index contributed by atoms with van der Waals surface area (Å²) in [6.45, 7) is 0.0546. The molecule has 0 fully saturated rings. The van der Waals surface area contributed by atoms with Crippen LogP contribution in [-0.2, 0) is 4.79 Å². The number of nitrogens with zero attached hydrogens (tertiary/aromatic N) is 3. The number of hydrogen-bond donors (Lipinski definition) is 4. The predicted octanol–water partition coefficient (Wildman–Crippen LogP) is 5.31. The highest BCUT2D eigenvalue weighted by Crippen LogP contribution is 2.24. The summed E-state index contributed by atoms with van der Waals surface area (Å²) in [6, 6.07) is 22.2. The summed E-state index contributed by atoms with van der Waals surface area (Å²) in [5.41, 5.74) is 3.23. The molecule has 0 aliphatic carbocycles. The number of rotatable bonds is 7. The first kappa shape index (κ1) is 24.3. The van der Waals surface area contributed by atoms with E-state index in [1.54, 1.807) is 54.9 Å². The molecule has 9 nitrogen and oxygen atoms in total. The molecule has 1 atom stereocenters. The first-order valence-electron chi connectivity index (χ1n) is 12.2. The van der Waals surface area contributed by atoms with Crippen LogP contribution in [0.25, 0.3) is 33.3 Å². The summed E-state index contributed by atoms with van der Waals surface area (Å²) >= 11 is 6.17. The highest BCUT2D eigenvalue weighted by atomic mass is 35.5. The number of aromatic nitrogens is 5. The van der Waals surface area contributed by atoms with E-state index in [2.05, 4.69) is 35.6 Å². The van der Waals surface area contributed by atoms with Crippen LogP contribution in [0.4, 0.5) is 5.95 Å². The van der Waals surface area contributed by atoms with E-state index in [0.717, 1.165) is 10.8 Å². The van der Waals surface area contributed by atoms with Gasteiger partial charge in [0.05, 0.1) is 17.0 Å². The van der Waals surface area contributed by atoms with Gasteiger partial charge in [0.1, 0.15) is 5.69 Å². The molecule has 0 saturated carbocycles. The molecule has 192 valence electrons. The SMILES string of the molecule is O=C(NCC(C(=O)Nc1ncc[nH]1)c1cccc(Cl)c1)c1ccc2nc(-c3cc4ccccc4cn3)[nH]c2c1. The van der Waals surface area contributed by atoms with Crippen molar-refractivity contribution in [3.05, 3.63) is 108 Å². The fourth-order valence-corrected chi connectivity index (χ4v) is 4.60. The largest absolute Gasteiger partial charge is 0.351 e. The maximum Gasteiger partial charge on any atom is 0.251 e. The summed E-state index contributed by atoms with van der Waals surface area (Å²) in [6.07, 6.45) is 4.97. The summed E-state index contributed by atoms with van der Waals surface area (Å²) < 4.78 is 0. The number of imidazole rings is 2. The lowest BCUT2D eigenvalue weighted by Crippen LogP contribution is -2.34. The molecule has 3 aromatic carbocycles. The molecular formula is C29H22ClN7O2. The van der Waals surface area contributed by atoms with E-state index >= 15 is 0 Å². The number of carbonyl (C=O) groups is 2. The number of aromatic amines is 2. The molecule has 4 N–H and O–H groups in total. The molecule has 0 radical (unpaired) electrons. The van der Waals surface area contributed by atoms with E-state index in [1.807, 2.05) is 36.5 Å². The fourth-order valence-electron chi connectivity index (χ4n) is 4.40. The molecule has 2 amide bonds. The fraction of sp³-hybridized carbons (Fsp3) is 0.0690. The Kier molecular flexibility index (Phi) is 6.48. The van der Waals surface area contributed by atoms with Crippen molar-refractivity contribution in [3.8, 4) is 11.5 Å². The van der Waals surface area contributed by atoms with E-state index in [1.165, 1.54) is 0 Å². The minimum atomic E-state index is -0.695. The van der Waals surface area contributed by atoms with Crippen molar-refractivity contribution in [1.29, 1.82) is 0 Å². The van der Waals surface area contributed by atoms with Crippen molar-refractivity contribution in [2.75, 3.05) is 11.9 Å². The van der Waals surface area contributed by atoms with Crippen LogP contribution in [0.1, 0.15) is 21.8 Å². The summed E-state index contributed by atoms with van der Waals surface area (Å²) in [4.78, 5) is 45.5. The van der Waals surface area contributed by atoms with Gasteiger partial charge in [-0.15, -0.1) is 0 Å². The van der Waals surface area contributed by atoms with Crippen molar-refractivity contribution in [2.45, 2.75) is 5.92 Å². The molecule has 0 aliphatic heterocycles. The van der Waals surface area contributed by atoms with Crippen LogP contribution >= 0.6 is 11.6 Å². The number of benzene rings is 3. The molecule has 0 bridgehead atoms. The third-order valence-corrected chi connectivity index (χ3v) is 6.63. The molecule has 0 aliphatic rings. The van der Waals surface area contributed by atoms with Gasteiger partial charge in [0.25, 0.3) is 5.91 Å². The number of pyridine rings is 1. The van der Waals surface area contributed by atoms with Gasteiger partial charge in [-0.2, -0.15) is 0 Å². The first-order chi connectivity index (χ1) is 19.0. The minimum absolute atomic E-state index is 0.0546. The first-order valence-corrected chi connectivity index (χ1v) is 12.6. The smallest absolute Gasteiger partial charge is 0.251 e. The van der Waals surface area contributed by atoms with Crippen LogP contribution in [0.5, 0.6) is 0 Å². The number of nitrogens with one attached hydrogen (secondary N) is 4. The number of halogens is 1. The zero-order valence-electron chi connectivity index (χ0n) is 20.5. The topological polar surface area (TPSA) is 128 Å². The number of H-pyrrole nitrogens is 2. The summed E-state index contributed by atoms with van der Waals surface area (Å²) in [7, 11) is 0. The van der Waals surface area contributed by atoms with Crippen LogP contribution < -0.4 is 10.6 Å². The Morgan fingerprint density at radius 1 is 0.949 bits per heavy atom. The highest BCUT2D eigenvalue weighted by molar-refractivity contribution is 6.30. The standard InChI is InChI=1S/C29H22ClN7O2/c30-21-7-3-6-18(12-21)22(28(39)37-29-31-10-11-32-29)16-34-27(38)19-8-9-23-24(14-19)36-26(35-23)25-13-17-4-1-2-5-20(17)15-33-25/h1-15,22H,16H2,(H,34,38)(H,35,36)(H2,31,32,37,39). The lowest BCUT2D eigenvalue weighted by atomic mass is 9.98. The molecule has 0 spiro atoms. The van der Waals surface area contributed by atoms with Crippen LogP contribution in [0, 0.1) is 0 Å². The van der Waals surface area contributed by atoms with Gasteiger partial charge in [-0.3, -0.25) is 19.9 Å². The molecule has 3 aromatic heterocycles. The molecule has 39 heavy (non-hydrogen) atoms. The average molecular weight is 536 g/mol. The molecule has 3 heterocycles. The van der Waals surface area contributed by atoms with Crippen LogP contribution in [0.2, 0.25) is 5.02 Å². The monoisotopic (exact) mass is 535 g/mol. The van der Waals surface area contributed by atoms with Gasteiger partial charge in [-0.25, -0.2) is 9.97 Å². The van der Waals surface area contributed by atoms with Crippen LogP contribution in [-0.4, -0.2) is 43.3 Å². The lowest BCUT2D eigenvalue weighted by Gasteiger charge is -2.17. The highest BCUT2D eigenvalue weighted by Gasteiger charge is 2.23. The number of fused-ring (bicyclic) bond motifs is 2. The van der Waals surface area contributed by atoms with E-state index < -0.39 is 5.92 Å². The van der Waals surface area contributed by atoms with Gasteiger partial charge in [0.2, 0.25) is 11.9 Å². The Labute approximate surface area is 227 Å². The minimum Gasteiger partial charge on any atom is -0.351 e. The van der Waals surface area contributed by atoms with Crippen LogP contribution in [0.15, 0.2) is 91.4 Å². The molecule has 10 heteroatoms. The third kappa shape index (κ3) is 5.21. The maximum absolute atomic E-state index is 13.1. The van der Waals surface area contributed by atoms with Gasteiger partial charge in [0, 0.05) is 41.1 Å². The van der Waals surface area contributed by atoms with E-state index in [9.17, 15) is 9.59 Å². The third-order valence-electron chi connectivity index (χ3n) is 6.39. The molecular weight excluding hydrogens is 514 g/mol. The second kappa shape index (κ2) is 10.4. The van der Waals surface area contributed by atoms with Crippen LogP contribution in [0.3, 0.4) is 0 Å². The van der Waals surface area contributed by atoms with Crippen molar-refractivity contribution in [3.63, 3.8) is 0 Å². The van der Waals surface area contributed by atoms with Gasteiger partial charge < -0.3 is 15.3 Å². The normalized spacial score (nSPS) is 11.9. The van der Waals surface area contributed by atoms with E-state index in [4.69, 9.17) is 11.6 Å². The van der Waals surface area contributed by atoms with Crippen molar-refractivity contribution >= 4 is 51.2 Å². The quantitative estimate of drug-likeness (QED) is 0.220. The average Bonchev–Trinajstić information content (AvgIpc) is 3.62. The van der Waals surface area contributed by atoms with Crippen molar-refractivity contribution in [2.24, 2.45) is 0 Å². The van der Waals surface area contributed by atoms with Crippen molar-refractivity contribution in [1.82, 2.24) is 30.2 Å². The van der Waals surface area contributed by atoms with Gasteiger partial charge in [-0.05, 0) is 47.3 Å². The Morgan fingerprint density at radius 2 is 1.82 bits per heavy atom.